The molecule has 2 aromatic rings. The number of rotatable bonds is 3. The van der Waals surface area contributed by atoms with E-state index < -0.39 is 11.6 Å². The molecule has 1 aromatic heterocycles. The second-order valence-corrected chi connectivity index (χ2v) is 5.01. The van der Waals surface area contributed by atoms with Gasteiger partial charge in [-0.1, -0.05) is 0 Å². The number of nitrogens with zero attached hydrogens (tertiary/aromatic N) is 3. The molecule has 1 aliphatic rings. The van der Waals surface area contributed by atoms with Crippen molar-refractivity contribution in [3.8, 4) is 0 Å². The van der Waals surface area contributed by atoms with E-state index in [0.717, 1.165) is 38.1 Å². The second kappa shape index (κ2) is 6.05. The minimum Gasteiger partial charge on any atom is -0.337 e. The Morgan fingerprint density at radius 3 is 2.68 bits per heavy atom. The van der Waals surface area contributed by atoms with Crippen molar-refractivity contribution in [2.24, 2.45) is 0 Å². The Balaban J connectivity index is 1.80. The van der Waals surface area contributed by atoms with Crippen molar-refractivity contribution in [2.45, 2.75) is 12.8 Å². The molecule has 0 bridgehead atoms. The average Bonchev–Trinajstić information content (AvgIpc) is 3.04. The van der Waals surface area contributed by atoms with Gasteiger partial charge in [0.15, 0.2) is 0 Å². The molecular weight excluding hydrogens is 290 g/mol. The van der Waals surface area contributed by atoms with Gasteiger partial charge in [-0.25, -0.2) is 18.7 Å². The van der Waals surface area contributed by atoms with Crippen LogP contribution in [0.2, 0.25) is 0 Å². The van der Waals surface area contributed by atoms with E-state index in [1.54, 1.807) is 4.90 Å². The number of carbonyl (C=O) groups is 1. The lowest BCUT2D eigenvalue weighted by atomic mass is 10.3. The lowest BCUT2D eigenvalue weighted by Gasteiger charge is -2.14. The number of hydrogen-bond acceptors (Lipinski definition) is 4. The van der Waals surface area contributed by atoms with Crippen molar-refractivity contribution < 1.29 is 13.6 Å². The van der Waals surface area contributed by atoms with Crippen LogP contribution in [0.3, 0.4) is 0 Å². The van der Waals surface area contributed by atoms with Crippen LogP contribution in [-0.4, -0.2) is 33.9 Å². The highest BCUT2D eigenvalue weighted by molar-refractivity contribution is 5.92. The maximum absolute atomic E-state index is 13.6. The minimum atomic E-state index is -0.750. The van der Waals surface area contributed by atoms with Crippen LogP contribution in [0.25, 0.3) is 0 Å². The predicted molar refractivity (Wildman–Crippen MR) is 76.8 cm³/mol. The molecule has 114 valence electrons. The maximum atomic E-state index is 13.6. The Hall–Kier alpha value is -2.57. The number of hydrogen-bond donors (Lipinski definition) is 1. The van der Waals surface area contributed by atoms with Crippen LogP contribution in [0.1, 0.15) is 23.3 Å². The van der Waals surface area contributed by atoms with Gasteiger partial charge in [-0.05, 0) is 31.0 Å². The molecule has 0 spiro atoms. The second-order valence-electron chi connectivity index (χ2n) is 5.01. The van der Waals surface area contributed by atoms with Crippen LogP contribution in [0.4, 0.5) is 20.4 Å². The summed E-state index contributed by atoms with van der Waals surface area (Å²) in [4.78, 5) is 22.0. The van der Waals surface area contributed by atoms with Crippen molar-refractivity contribution in [1.82, 2.24) is 14.9 Å². The summed E-state index contributed by atoms with van der Waals surface area (Å²) in [6, 6.07) is 4.67. The Kier molecular flexibility index (Phi) is 3.95. The number of likely N-dealkylation sites (tertiary alicyclic amines) is 1. The fraction of sp³-hybridized carbons (Fsp3) is 0.267. The van der Waals surface area contributed by atoms with Gasteiger partial charge >= 0.3 is 0 Å². The molecule has 1 N–H and O–H groups in total. The first-order chi connectivity index (χ1) is 10.6. The topological polar surface area (TPSA) is 58.1 Å². The highest BCUT2D eigenvalue weighted by Gasteiger charge is 2.21. The molecule has 0 atom stereocenters. The van der Waals surface area contributed by atoms with Gasteiger partial charge < -0.3 is 10.2 Å². The Labute approximate surface area is 126 Å². The number of benzene rings is 1. The Morgan fingerprint density at radius 1 is 1.18 bits per heavy atom. The highest BCUT2D eigenvalue weighted by atomic mass is 19.1. The van der Waals surface area contributed by atoms with E-state index in [-0.39, 0.29) is 23.2 Å². The third-order valence-corrected chi connectivity index (χ3v) is 3.45. The summed E-state index contributed by atoms with van der Waals surface area (Å²) in [6.07, 6.45) is 3.41. The number of halogens is 2. The lowest BCUT2D eigenvalue weighted by molar-refractivity contribution is 0.0787. The number of anilines is 2. The molecule has 1 aromatic carbocycles. The summed E-state index contributed by atoms with van der Waals surface area (Å²) in [5, 5.41) is 2.65. The summed E-state index contributed by atoms with van der Waals surface area (Å²) in [5.41, 5.74) is 0.300. The molecular formula is C15H14F2N4O. The zero-order chi connectivity index (χ0) is 15.5. The van der Waals surface area contributed by atoms with Gasteiger partial charge in [0.05, 0.1) is 5.69 Å². The standard InChI is InChI=1S/C15H14F2N4O/c16-10-3-4-12(11(17)9-10)19-15-18-6-5-13(20-15)14(22)21-7-1-2-8-21/h3-6,9H,1-2,7-8H2,(H,18,19,20). The number of amides is 1. The van der Waals surface area contributed by atoms with Crippen LogP contribution in [0.15, 0.2) is 30.5 Å². The smallest absolute Gasteiger partial charge is 0.272 e. The molecule has 1 fully saturated rings. The molecule has 1 saturated heterocycles. The third kappa shape index (κ3) is 3.03. The lowest BCUT2D eigenvalue weighted by Crippen LogP contribution is -2.28. The molecule has 5 nitrogen and oxygen atoms in total. The summed E-state index contributed by atoms with van der Waals surface area (Å²) in [7, 11) is 0. The van der Waals surface area contributed by atoms with E-state index in [0.29, 0.717) is 0 Å². The van der Waals surface area contributed by atoms with Crippen molar-refractivity contribution in [3.05, 3.63) is 47.8 Å². The predicted octanol–water partition coefficient (Wildman–Crippen LogP) is 2.73. The highest BCUT2D eigenvalue weighted by Crippen LogP contribution is 2.19. The van der Waals surface area contributed by atoms with E-state index in [1.807, 2.05) is 0 Å². The number of carbonyl (C=O) groups excluding carboxylic acids is 1. The SMILES string of the molecule is O=C(c1ccnc(Nc2ccc(F)cc2F)n1)N1CCCC1. The summed E-state index contributed by atoms with van der Waals surface area (Å²) in [6.45, 7) is 1.44. The first kappa shape index (κ1) is 14.4. The van der Waals surface area contributed by atoms with Gasteiger partial charge in [0.1, 0.15) is 17.3 Å². The fourth-order valence-corrected chi connectivity index (χ4v) is 2.33. The van der Waals surface area contributed by atoms with Gasteiger partial charge in [-0.2, -0.15) is 0 Å². The van der Waals surface area contributed by atoms with Gasteiger partial charge in [0.25, 0.3) is 5.91 Å². The van der Waals surface area contributed by atoms with Crippen LogP contribution in [0, 0.1) is 11.6 Å². The molecule has 0 radical (unpaired) electrons. The molecule has 0 saturated carbocycles. The van der Waals surface area contributed by atoms with Gasteiger partial charge in [-0.3, -0.25) is 4.79 Å². The summed E-state index contributed by atoms with van der Waals surface area (Å²) < 4.78 is 26.5. The zero-order valence-corrected chi connectivity index (χ0v) is 11.7. The fourth-order valence-electron chi connectivity index (χ4n) is 2.33. The molecule has 3 rings (SSSR count). The monoisotopic (exact) mass is 304 g/mol. The van der Waals surface area contributed by atoms with Crippen molar-refractivity contribution >= 4 is 17.5 Å². The molecule has 1 amide bonds. The Morgan fingerprint density at radius 2 is 1.95 bits per heavy atom. The van der Waals surface area contributed by atoms with Crippen LogP contribution >= 0.6 is 0 Å². The maximum Gasteiger partial charge on any atom is 0.272 e. The van der Waals surface area contributed by atoms with E-state index in [2.05, 4.69) is 15.3 Å². The summed E-state index contributed by atoms with van der Waals surface area (Å²) in [5.74, 6) is -1.49. The van der Waals surface area contributed by atoms with Crippen LogP contribution in [-0.2, 0) is 0 Å². The minimum absolute atomic E-state index is 0.0483. The number of aromatic nitrogens is 2. The molecule has 0 aliphatic carbocycles. The van der Waals surface area contributed by atoms with Crippen LogP contribution in [0.5, 0.6) is 0 Å². The normalized spacial score (nSPS) is 14.2. The van der Waals surface area contributed by atoms with Crippen molar-refractivity contribution in [2.75, 3.05) is 18.4 Å². The zero-order valence-electron chi connectivity index (χ0n) is 11.7. The average molecular weight is 304 g/mol. The van der Waals surface area contributed by atoms with Crippen molar-refractivity contribution in [1.29, 1.82) is 0 Å². The molecule has 2 heterocycles. The third-order valence-electron chi connectivity index (χ3n) is 3.45. The van der Waals surface area contributed by atoms with E-state index >= 15 is 0 Å². The van der Waals surface area contributed by atoms with Gasteiger partial charge in [0.2, 0.25) is 5.95 Å². The van der Waals surface area contributed by atoms with E-state index in [1.165, 1.54) is 18.3 Å². The number of nitrogens with one attached hydrogen (secondary N) is 1. The largest absolute Gasteiger partial charge is 0.337 e. The molecule has 7 heteroatoms. The molecule has 22 heavy (non-hydrogen) atoms. The summed E-state index contributed by atoms with van der Waals surface area (Å²) >= 11 is 0. The molecule has 0 unspecified atom stereocenters. The van der Waals surface area contributed by atoms with E-state index in [4.69, 9.17) is 0 Å². The molecule has 1 aliphatic heterocycles. The van der Waals surface area contributed by atoms with Gasteiger partial charge in [0, 0.05) is 25.4 Å². The van der Waals surface area contributed by atoms with Gasteiger partial charge in [-0.15, -0.1) is 0 Å². The first-order valence-electron chi connectivity index (χ1n) is 6.98. The Bertz CT molecular complexity index is 702. The quantitative estimate of drug-likeness (QED) is 0.947. The van der Waals surface area contributed by atoms with E-state index in [9.17, 15) is 13.6 Å². The van der Waals surface area contributed by atoms with Crippen molar-refractivity contribution in [3.63, 3.8) is 0 Å². The first-order valence-corrected chi connectivity index (χ1v) is 6.98. The van der Waals surface area contributed by atoms with Crippen LogP contribution < -0.4 is 5.32 Å².